The van der Waals surface area contributed by atoms with Gasteiger partial charge in [0, 0.05) is 24.2 Å². The van der Waals surface area contributed by atoms with Crippen molar-refractivity contribution in [1.29, 1.82) is 0 Å². The van der Waals surface area contributed by atoms with Crippen LogP contribution >= 0.6 is 0 Å². The summed E-state index contributed by atoms with van der Waals surface area (Å²) in [4.78, 5) is 30.5. The van der Waals surface area contributed by atoms with Crippen molar-refractivity contribution < 1.29 is 9.63 Å². The first-order valence-corrected chi connectivity index (χ1v) is 10.0. The van der Waals surface area contributed by atoms with Crippen LogP contribution in [0.2, 0.25) is 0 Å². The van der Waals surface area contributed by atoms with E-state index < -0.39 is 0 Å². The molecule has 0 unspecified atom stereocenters. The summed E-state index contributed by atoms with van der Waals surface area (Å²) >= 11 is 0. The number of benzene rings is 1. The number of hydrogen-bond donors (Lipinski definition) is 1. The molecule has 1 heterocycles. The van der Waals surface area contributed by atoms with E-state index in [4.69, 9.17) is 4.84 Å². The van der Waals surface area contributed by atoms with Gasteiger partial charge in [-0.2, -0.15) is 0 Å². The summed E-state index contributed by atoms with van der Waals surface area (Å²) in [6, 6.07) is 7.16. The van der Waals surface area contributed by atoms with Crippen LogP contribution in [-0.4, -0.2) is 27.7 Å². The molecule has 4 aliphatic carbocycles. The highest BCUT2D eigenvalue weighted by Crippen LogP contribution is 2.55. The zero-order valence-corrected chi connectivity index (χ0v) is 15.8. The maximum absolute atomic E-state index is 12.6. The lowest BCUT2D eigenvalue weighted by Crippen LogP contribution is -2.58. The zero-order valence-electron chi connectivity index (χ0n) is 15.8. The van der Waals surface area contributed by atoms with Crippen LogP contribution in [0.3, 0.4) is 0 Å². The van der Waals surface area contributed by atoms with Crippen LogP contribution in [0.1, 0.15) is 54.4 Å². The van der Waals surface area contributed by atoms with E-state index in [2.05, 4.69) is 20.4 Å². The fourth-order valence-corrected chi connectivity index (χ4v) is 5.69. The third kappa shape index (κ3) is 3.56. The second kappa shape index (κ2) is 7.09. The number of carbonyl (C=O) groups is 1. The van der Waals surface area contributed by atoms with Gasteiger partial charge >= 0.3 is 5.97 Å². The van der Waals surface area contributed by atoms with Gasteiger partial charge < -0.3 is 4.84 Å². The minimum absolute atomic E-state index is 0.00647. The standard InChI is InChI=1S/C22H24N4O2/c27-21(28-26-22-8-15-4-16(9-22)6-17(5-15)10-22)19-2-1-3-20(7-19)25-13-18-11-23-14-24-12-18/h1-3,7,11-17,26H,4-6,8-10H2. The Kier molecular flexibility index (Phi) is 4.43. The molecule has 1 aromatic carbocycles. The summed E-state index contributed by atoms with van der Waals surface area (Å²) in [5, 5.41) is 0. The Hall–Kier alpha value is -2.60. The summed E-state index contributed by atoms with van der Waals surface area (Å²) in [7, 11) is 0. The molecule has 6 rings (SSSR count). The van der Waals surface area contributed by atoms with Gasteiger partial charge in [0.15, 0.2) is 0 Å². The van der Waals surface area contributed by atoms with Crippen molar-refractivity contribution in [2.45, 2.75) is 44.1 Å². The van der Waals surface area contributed by atoms with Crippen LogP contribution < -0.4 is 5.48 Å². The van der Waals surface area contributed by atoms with Gasteiger partial charge in [0.1, 0.15) is 6.33 Å². The molecule has 0 amide bonds. The van der Waals surface area contributed by atoms with E-state index in [9.17, 15) is 4.79 Å². The SMILES string of the molecule is O=C(ONC12CC3CC(CC(C3)C1)C2)c1cccc(N=Cc2cncnc2)c1. The van der Waals surface area contributed by atoms with Crippen LogP contribution in [0.25, 0.3) is 0 Å². The third-order valence-corrected chi connectivity index (χ3v) is 6.42. The van der Waals surface area contributed by atoms with Crippen LogP contribution in [-0.2, 0) is 4.84 Å². The smallest absolute Gasteiger partial charge is 0.356 e. The first kappa shape index (κ1) is 17.5. The van der Waals surface area contributed by atoms with E-state index in [1.807, 2.05) is 12.1 Å². The van der Waals surface area contributed by atoms with E-state index in [0.717, 1.165) is 42.6 Å². The number of hydrogen-bond acceptors (Lipinski definition) is 6. The topological polar surface area (TPSA) is 76.5 Å². The van der Waals surface area contributed by atoms with Gasteiger partial charge in [-0.05, 0) is 74.5 Å². The van der Waals surface area contributed by atoms with Crippen molar-refractivity contribution in [2.24, 2.45) is 22.7 Å². The number of nitrogens with zero attached hydrogens (tertiary/aromatic N) is 3. The number of nitrogens with one attached hydrogen (secondary N) is 1. The van der Waals surface area contributed by atoms with Crippen LogP contribution in [0.15, 0.2) is 48.0 Å². The van der Waals surface area contributed by atoms with Crippen molar-refractivity contribution in [3.8, 4) is 0 Å². The molecule has 6 heteroatoms. The van der Waals surface area contributed by atoms with E-state index in [1.54, 1.807) is 30.7 Å². The molecular weight excluding hydrogens is 352 g/mol. The summed E-state index contributed by atoms with van der Waals surface area (Å²) < 4.78 is 0. The molecule has 4 aliphatic rings. The Labute approximate surface area is 164 Å². The monoisotopic (exact) mass is 376 g/mol. The first-order valence-electron chi connectivity index (χ1n) is 10.0. The van der Waals surface area contributed by atoms with Gasteiger partial charge in [0.25, 0.3) is 0 Å². The van der Waals surface area contributed by atoms with Crippen LogP contribution in [0, 0.1) is 17.8 Å². The van der Waals surface area contributed by atoms with Gasteiger partial charge in [-0.25, -0.2) is 14.8 Å². The number of hydroxylamine groups is 1. The second-order valence-corrected chi connectivity index (χ2v) is 8.67. The van der Waals surface area contributed by atoms with Crippen molar-refractivity contribution in [1.82, 2.24) is 15.4 Å². The average molecular weight is 376 g/mol. The Morgan fingerprint density at radius 1 is 1.11 bits per heavy atom. The molecule has 0 radical (unpaired) electrons. The average Bonchev–Trinajstić information content (AvgIpc) is 2.71. The van der Waals surface area contributed by atoms with E-state index >= 15 is 0 Å². The highest BCUT2D eigenvalue weighted by Gasteiger charge is 2.51. The molecule has 6 nitrogen and oxygen atoms in total. The van der Waals surface area contributed by atoms with Crippen LogP contribution in [0.5, 0.6) is 0 Å². The second-order valence-electron chi connectivity index (χ2n) is 8.67. The highest BCUT2D eigenvalue weighted by atomic mass is 16.7. The summed E-state index contributed by atoms with van der Waals surface area (Å²) in [6.45, 7) is 0. The van der Waals surface area contributed by atoms with E-state index in [-0.39, 0.29) is 11.5 Å². The molecule has 0 atom stereocenters. The number of rotatable bonds is 5. The minimum Gasteiger partial charge on any atom is -0.366 e. The van der Waals surface area contributed by atoms with Crippen molar-refractivity contribution in [3.05, 3.63) is 54.1 Å². The maximum Gasteiger partial charge on any atom is 0.356 e. The lowest BCUT2D eigenvalue weighted by Gasteiger charge is -2.56. The predicted octanol–water partition coefficient (Wildman–Crippen LogP) is 3.86. The Morgan fingerprint density at radius 3 is 2.46 bits per heavy atom. The van der Waals surface area contributed by atoms with Gasteiger partial charge in [-0.15, -0.1) is 5.48 Å². The maximum atomic E-state index is 12.6. The lowest BCUT2D eigenvalue weighted by atomic mass is 9.53. The Balaban J connectivity index is 1.24. The fourth-order valence-electron chi connectivity index (χ4n) is 5.69. The third-order valence-electron chi connectivity index (χ3n) is 6.42. The molecule has 28 heavy (non-hydrogen) atoms. The van der Waals surface area contributed by atoms with E-state index in [0.29, 0.717) is 11.3 Å². The molecular formula is C22H24N4O2. The summed E-state index contributed by atoms with van der Waals surface area (Å²) in [5.74, 6) is 2.06. The Bertz CT molecular complexity index is 861. The number of aliphatic imine (C=N–C) groups is 1. The molecule has 144 valence electrons. The molecule has 4 saturated carbocycles. The molecule has 4 fully saturated rings. The summed E-state index contributed by atoms with van der Waals surface area (Å²) in [5.41, 5.74) is 5.18. The zero-order chi connectivity index (χ0) is 19.0. The van der Waals surface area contributed by atoms with Gasteiger partial charge in [0.05, 0.1) is 16.8 Å². The van der Waals surface area contributed by atoms with Gasteiger partial charge in [-0.3, -0.25) is 4.99 Å². The normalized spacial score (nSPS) is 30.6. The quantitative estimate of drug-likeness (QED) is 0.633. The minimum atomic E-state index is -0.351. The van der Waals surface area contributed by atoms with Crippen molar-refractivity contribution in [2.75, 3.05) is 0 Å². The molecule has 1 N–H and O–H groups in total. The molecule has 0 spiro atoms. The first-order chi connectivity index (χ1) is 13.7. The molecule has 4 bridgehead atoms. The van der Waals surface area contributed by atoms with Crippen molar-refractivity contribution in [3.63, 3.8) is 0 Å². The molecule has 1 aromatic heterocycles. The summed E-state index contributed by atoms with van der Waals surface area (Å²) in [6.07, 6.45) is 14.0. The van der Waals surface area contributed by atoms with Crippen LogP contribution in [0.4, 0.5) is 5.69 Å². The highest BCUT2D eigenvalue weighted by molar-refractivity contribution is 5.90. The van der Waals surface area contributed by atoms with Gasteiger partial charge in [-0.1, -0.05) is 6.07 Å². The number of aromatic nitrogens is 2. The fraction of sp³-hybridized carbons (Fsp3) is 0.455. The molecule has 2 aromatic rings. The Morgan fingerprint density at radius 2 is 1.79 bits per heavy atom. The largest absolute Gasteiger partial charge is 0.366 e. The molecule has 0 aliphatic heterocycles. The molecule has 0 saturated heterocycles. The van der Waals surface area contributed by atoms with Gasteiger partial charge in [0.2, 0.25) is 0 Å². The predicted molar refractivity (Wildman–Crippen MR) is 105 cm³/mol. The van der Waals surface area contributed by atoms with E-state index in [1.165, 1.54) is 25.6 Å². The number of carbonyl (C=O) groups excluding carboxylic acids is 1. The lowest BCUT2D eigenvalue weighted by molar-refractivity contribution is -0.0880. The van der Waals surface area contributed by atoms with Crippen molar-refractivity contribution >= 4 is 17.9 Å².